The fourth-order valence-electron chi connectivity index (χ4n) is 2.87. The molecule has 0 fully saturated rings. The molecule has 140 valence electrons. The summed E-state index contributed by atoms with van der Waals surface area (Å²) in [7, 11) is 1.62. The van der Waals surface area contributed by atoms with E-state index < -0.39 is 0 Å². The molecule has 0 aliphatic carbocycles. The first-order valence-corrected chi connectivity index (χ1v) is 9.00. The van der Waals surface area contributed by atoms with Gasteiger partial charge in [-0.1, -0.05) is 23.7 Å². The number of aromatic nitrogens is 3. The van der Waals surface area contributed by atoms with Gasteiger partial charge in [-0.25, -0.2) is 0 Å². The van der Waals surface area contributed by atoms with E-state index in [-0.39, 0.29) is 5.91 Å². The Kier molecular flexibility index (Phi) is 4.95. The maximum atomic E-state index is 12.5. The summed E-state index contributed by atoms with van der Waals surface area (Å²) in [4.78, 5) is 16.9. The average molecular weight is 393 g/mol. The summed E-state index contributed by atoms with van der Waals surface area (Å²) in [6.45, 7) is 0.590. The van der Waals surface area contributed by atoms with Gasteiger partial charge < -0.3 is 10.1 Å². The molecule has 0 bridgehead atoms. The molecule has 4 aromatic rings. The first-order valence-electron chi connectivity index (χ1n) is 8.63. The number of carbonyl (C=O) groups is 1. The number of hydrogen-bond donors (Lipinski definition) is 1. The zero-order valence-electron chi connectivity index (χ0n) is 15.1. The van der Waals surface area contributed by atoms with Crippen LogP contribution >= 0.6 is 11.6 Å². The van der Waals surface area contributed by atoms with Crippen molar-refractivity contribution in [1.29, 1.82) is 0 Å². The van der Waals surface area contributed by atoms with Crippen LogP contribution in [0.3, 0.4) is 0 Å². The van der Waals surface area contributed by atoms with Crippen LogP contribution in [0.2, 0.25) is 5.02 Å². The second-order valence-electron chi connectivity index (χ2n) is 6.29. The molecule has 4 rings (SSSR count). The first-order chi connectivity index (χ1) is 13.6. The second kappa shape index (κ2) is 7.70. The maximum Gasteiger partial charge on any atom is 0.255 e. The number of carbonyl (C=O) groups excluding carboxylic acids is 1. The van der Waals surface area contributed by atoms with Gasteiger partial charge in [-0.3, -0.25) is 14.5 Å². The summed E-state index contributed by atoms with van der Waals surface area (Å²) in [6.07, 6.45) is 4.98. The Morgan fingerprint density at radius 2 is 1.96 bits per heavy atom. The largest absolute Gasteiger partial charge is 0.497 e. The summed E-state index contributed by atoms with van der Waals surface area (Å²) in [5, 5.41) is 8.55. The molecule has 28 heavy (non-hydrogen) atoms. The molecule has 1 amide bonds. The van der Waals surface area contributed by atoms with Crippen LogP contribution in [0.5, 0.6) is 5.75 Å². The Hall–Kier alpha value is -3.38. The fraction of sp³-hybridized carbons (Fsp3) is 0.0952. The van der Waals surface area contributed by atoms with Crippen molar-refractivity contribution in [3.05, 3.63) is 83.3 Å². The van der Waals surface area contributed by atoms with E-state index in [2.05, 4.69) is 15.4 Å². The van der Waals surface area contributed by atoms with Gasteiger partial charge in [-0.15, -0.1) is 0 Å². The lowest BCUT2D eigenvalue weighted by atomic mass is 10.1. The molecule has 6 nitrogen and oxygen atoms in total. The van der Waals surface area contributed by atoms with E-state index in [0.717, 1.165) is 22.2 Å². The third-order valence-corrected chi connectivity index (χ3v) is 4.51. The Bertz CT molecular complexity index is 1140. The van der Waals surface area contributed by atoms with Gasteiger partial charge in [0.15, 0.2) is 0 Å². The number of amides is 1. The summed E-state index contributed by atoms with van der Waals surface area (Å²) in [5.74, 6) is 0.553. The molecule has 2 heterocycles. The minimum atomic E-state index is -0.191. The quantitative estimate of drug-likeness (QED) is 0.546. The van der Waals surface area contributed by atoms with E-state index in [4.69, 9.17) is 16.3 Å². The molecule has 2 aromatic heterocycles. The predicted octanol–water partition coefficient (Wildman–Crippen LogP) is 4.39. The number of rotatable bonds is 5. The van der Waals surface area contributed by atoms with Crippen molar-refractivity contribution in [2.75, 3.05) is 12.4 Å². The number of pyridine rings is 1. The molecule has 0 unspecified atom stereocenters. The van der Waals surface area contributed by atoms with Gasteiger partial charge in [0.2, 0.25) is 0 Å². The zero-order valence-corrected chi connectivity index (χ0v) is 15.8. The molecule has 1 N–H and O–H groups in total. The van der Waals surface area contributed by atoms with Crippen molar-refractivity contribution in [3.63, 3.8) is 0 Å². The van der Waals surface area contributed by atoms with Crippen LogP contribution < -0.4 is 10.1 Å². The highest BCUT2D eigenvalue weighted by atomic mass is 35.5. The standard InChI is InChI=1S/C21H17ClN4O2/c1-28-19-7-6-16-8-18(11-23-20(16)9-19)25-21(27)15-4-2-14(3-5-15)12-26-13-17(22)10-24-26/h2-11,13H,12H2,1H3,(H,25,27). The molecule has 0 aliphatic rings. The van der Waals surface area contributed by atoms with Crippen LogP contribution in [0.1, 0.15) is 15.9 Å². The lowest BCUT2D eigenvalue weighted by Gasteiger charge is -2.08. The molecule has 0 spiro atoms. The van der Waals surface area contributed by atoms with Gasteiger partial charge in [-0.05, 0) is 35.9 Å². The first kappa shape index (κ1) is 18.0. The lowest BCUT2D eigenvalue weighted by molar-refractivity contribution is 0.102. The highest BCUT2D eigenvalue weighted by Gasteiger charge is 2.08. The molecule has 0 saturated heterocycles. The lowest BCUT2D eigenvalue weighted by Crippen LogP contribution is -2.12. The molecular formula is C21H17ClN4O2. The van der Waals surface area contributed by atoms with Gasteiger partial charge in [-0.2, -0.15) is 5.10 Å². The van der Waals surface area contributed by atoms with Crippen molar-refractivity contribution in [2.24, 2.45) is 0 Å². The molecular weight excluding hydrogens is 376 g/mol. The number of hydrogen-bond acceptors (Lipinski definition) is 4. The Morgan fingerprint density at radius 3 is 2.68 bits per heavy atom. The van der Waals surface area contributed by atoms with E-state index >= 15 is 0 Å². The molecule has 0 aliphatic heterocycles. The molecule has 0 radical (unpaired) electrons. The second-order valence-corrected chi connectivity index (χ2v) is 6.73. The van der Waals surface area contributed by atoms with Crippen molar-refractivity contribution >= 4 is 34.1 Å². The number of nitrogens with one attached hydrogen (secondary N) is 1. The number of nitrogens with zero attached hydrogens (tertiary/aromatic N) is 3. The molecule has 0 atom stereocenters. The number of fused-ring (bicyclic) bond motifs is 1. The third-order valence-electron chi connectivity index (χ3n) is 4.31. The normalized spacial score (nSPS) is 10.8. The molecule has 7 heteroatoms. The Balaban J connectivity index is 1.46. The average Bonchev–Trinajstić information content (AvgIpc) is 3.12. The van der Waals surface area contributed by atoms with Crippen LogP contribution in [-0.2, 0) is 6.54 Å². The number of methoxy groups -OCH3 is 1. The molecule has 0 saturated carbocycles. The fourth-order valence-corrected chi connectivity index (χ4v) is 3.03. The van der Waals surface area contributed by atoms with Crippen molar-refractivity contribution in [2.45, 2.75) is 6.54 Å². The van der Waals surface area contributed by atoms with Crippen LogP contribution in [0.25, 0.3) is 10.9 Å². The highest BCUT2D eigenvalue weighted by Crippen LogP contribution is 2.22. The molecule has 2 aromatic carbocycles. The number of benzene rings is 2. The van der Waals surface area contributed by atoms with Crippen LogP contribution in [0, 0.1) is 0 Å². The Morgan fingerprint density at radius 1 is 1.14 bits per heavy atom. The SMILES string of the molecule is COc1ccc2cc(NC(=O)c3ccc(Cn4cc(Cl)cn4)cc3)cnc2c1. The third kappa shape index (κ3) is 3.97. The monoisotopic (exact) mass is 392 g/mol. The van der Waals surface area contributed by atoms with Crippen molar-refractivity contribution < 1.29 is 9.53 Å². The van der Waals surface area contributed by atoms with Gasteiger partial charge >= 0.3 is 0 Å². The number of ether oxygens (including phenoxy) is 1. The van der Waals surface area contributed by atoms with E-state index in [9.17, 15) is 4.79 Å². The van der Waals surface area contributed by atoms with Crippen molar-refractivity contribution in [1.82, 2.24) is 14.8 Å². The van der Waals surface area contributed by atoms with E-state index in [1.165, 1.54) is 0 Å². The van der Waals surface area contributed by atoms with Crippen LogP contribution in [-0.4, -0.2) is 27.8 Å². The Labute approximate surface area is 166 Å². The van der Waals surface area contributed by atoms with Gasteiger partial charge in [0.25, 0.3) is 5.91 Å². The summed E-state index contributed by atoms with van der Waals surface area (Å²) in [6, 6.07) is 14.9. The number of anilines is 1. The topological polar surface area (TPSA) is 69.0 Å². The smallest absolute Gasteiger partial charge is 0.255 e. The summed E-state index contributed by atoms with van der Waals surface area (Å²) in [5.41, 5.74) is 3.04. The summed E-state index contributed by atoms with van der Waals surface area (Å²) >= 11 is 5.87. The van der Waals surface area contributed by atoms with Crippen molar-refractivity contribution in [3.8, 4) is 5.75 Å². The zero-order chi connectivity index (χ0) is 19.5. The number of halogens is 1. The van der Waals surface area contributed by atoms with E-state index in [1.54, 1.807) is 42.5 Å². The van der Waals surface area contributed by atoms with Gasteiger partial charge in [0.05, 0.1) is 42.3 Å². The van der Waals surface area contributed by atoms with Crippen LogP contribution in [0.15, 0.2) is 67.1 Å². The van der Waals surface area contributed by atoms with Gasteiger partial charge in [0, 0.05) is 23.2 Å². The van der Waals surface area contributed by atoms with E-state index in [0.29, 0.717) is 22.8 Å². The van der Waals surface area contributed by atoms with Gasteiger partial charge in [0.1, 0.15) is 5.75 Å². The summed E-state index contributed by atoms with van der Waals surface area (Å²) < 4.78 is 6.94. The minimum absolute atomic E-state index is 0.191. The van der Waals surface area contributed by atoms with E-state index in [1.807, 2.05) is 36.4 Å². The maximum absolute atomic E-state index is 12.5. The van der Waals surface area contributed by atoms with Crippen LogP contribution in [0.4, 0.5) is 5.69 Å². The predicted molar refractivity (Wildman–Crippen MR) is 109 cm³/mol. The minimum Gasteiger partial charge on any atom is -0.497 e. The highest BCUT2D eigenvalue weighted by molar-refractivity contribution is 6.30.